The average Bonchev–Trinajstić information content (AvgIpc) is 2.93. The van der Waals surface area contributed by atoms with Gasteiger partial charge in [0.25, 0.3) is 0 Å². The van der Waals surface area contributed by atoms with Gasteiger partial charge in [-0.1, -0.05) is 63.2 Å². The van der Waals surface area contributed by atoms with Gasteiger partial charge in [-0.05, 0) is 29.0 Å². The molecule has 2 nitrogen and oxygen atoms in total. The van der Waals surface area contributed by atoms with E-state index in [1.165, 1.54) is 11.1 Å². The molecule has 0 aliphatic carbocycles. The molecule has 0 aliphatic heterocycles. The molecule has 0 amide bonds. The third-order valence-corrected chi connectivity index (χ3v) is 4.30. The lowest BCUT2D eigenvalue weighted by molar-refractivity contribution is 0.112. The number of benzene rings is 2. The van der Waals surface area contributed by atoms with Crippen molar-refractivity contribution in [1.82, 2.24) is 4.98 Å². The Morgan fingerprint density at radius 1 is 1.09 bits per heavy atom. The van der Waals surface area contributed by atoms with Crippen molar-refractivity contribution in [2.24, 2.45) is 0 Å². The number of carbonyl (C=O) groups is 1. The van der Waals surface area contributed by atoms with E-state index in [1.54, 1.807) is 0 Å². The number of rotatable bonds is 4. The number of hydrogen-bond acceptors (Lipinski definition) is 1. The minimum atomic E-state index is 0.414. The van der Waals surface area contributed by atoms with E-state index < -0.39 is 0 Å². The predicted molar refractivity (Wildman–Crippen MR) is 92.6 cm³/mol. The fourth-order valence-electron chi connectivity index (χ4n) is 3.00. The Morgan fingerprint density at radius 3 is 2.41 bits per heavy atom. The second kappa shape index (κ2) is 5.80. The topological polar surface area (TPSA) is 32.9 Å². The summed E-state index contributed by atoms with van der Waals surface area (Å²) in [5.74, 6) is 0.414. The standard InChI is InChI=1S/C20H21NO/c1-4-14-8-10-15(11-9-14)19-18(12-22)17-7-5-6-16(13(2)3)20(17)21-19/h5-13,21H,4H2,1-3H3. The van der Waals surface area contributed by atoms with E-state index in [-0.39, 0.29) is 0 Å². The SMILES string of the molecule is CCc1ccc(-c2[nH]c3c(C(C)C)cccc3c2C=O)cc1. The number of hydrogen-bond donors (Lipinski definition) is 1. The lowest BCUT2D eigenvalue weighted by atomic mass is 9.99. The summed E-state index contributed by atoms with van der Waals surface area (Å²) in [6, 6.07) is 14.6. The lowest BCUT2D eigenvalue weighted by Crippen LogP contribution is -1.88. The van der Waals surface area contributed by atoms with Crippen molar-refractivity contribution >= 4 is 17.2 Å². The van der Waals surface area contributed by atoms with Crippen LogP contribution in [-0.2, 0) is 6.42 Å². The van der Waals surface area contributed by atoms with Crippen LogP contribution in [0, 0.1) is 0 Å². The van der Waals surface area contributed by atoms with Gasteiger partial charge < -0.3 is 4.98 Å². The fourth-order valence-corrected chi connectivity index (χ4v) is 3.00. The highest BCUT2D eigenvalue weighted by Crippen LogP contribution is 2.33. The maximum absolute atomic E-state index is 11.7. The molecular formula is C20H21NO. The van der Waals surface area contributed by atoms with Crippen molar-refractivity contribution in [1.29, 1.82) is 0 Å². The minimum absolute atomic E-state index is 0.414. The Kier molecular flexibility index (Phi) is 3.84. The molecule has 22 heavy (non-hydrogen) atoms. The summed E-state index contributed by atoms with van der Waals surface area (Å²) in [6.45, 7) is 6.49. The summed E-state index contributed by atoms with van der Waals surface area (Å²) in [7, 11) is 0. The molecule has 0 unspecified atom stereocenters. The normalized spacial score (nSPS) is 11.3. The number of H-pyrrole nitrogens is 1. The van der Waals surface area contributed by atoms with Gasteiger partial charge >= 0.3 is 0 Å². The average molecular weight is 291 g/mol. The van der Waals surface area contributed by atoms with Crippen molar-refractivity contribution in [3.63, 3.8) is 0 Å². The van der Waals surface area contributed by atoms with Crippen LogP contribution in [-0.4, -0.2) is 11.3 Å². The minimum Gasteiger partial charge on any atom is -0.354 e. The van der Waals surface area contributed by atoms with E-state index in [0.717, 1.165) is 40.4 Å². The first-order valence-electron chi connectivity index (χ1n) is 7.84. The zero-order valence-electron chi connectivity index (χ0n) is 13.3. The molecule has 0 atom stereocenters. The van der Waals surface area contributed by atoms with Crippen LogP contribution < -0.4 is 0 Å². The van der Waals surface area contributed by atoms with Crippen molar-refractivity contribution in [3.05, 3.63) is 59.2 Å². The summed E-state index contributed by atoms with van der Waals surface area (Å²) in [5, 5.41) is 1.01. The van der Waals surface area contributed by atoms with Crippen LogP contribution in [0.15, 0.2) is 42.5 Å². The molecule has 0 bridgehead atoms. The molecule has 2 heteroatoms. The van der Waals surface area contributed by atoms with Gasteiger partial charge in [0, 0.05) is 10.9 Å². The molecular weight excluding hydrogens is 270 g/mol. The van der Waals surface area contributed by atoms with Crippen LogP contribution >= 0.6 is 0 Å². The summed E-state index contributed by atoms with van der Waals surface area (Å²) in [4.78, 5) is 15.1. The smallest absolute Gasteiger partial charge is 0.152 e. The second-order valence-electron chi connectivity index (χ2n) is 6.01. The largest absolute Gasteiger partial charge is 0.354 e. The van der Waals surface area contributed by atoms with Crippen LogP contribution in [0.2, 0.25) is 0 Å². The number of aldehydes is 1. The molecule has 0 saturated carbocycles. The van der Waals surface area contributed by atoms with Gasteiger partial charge in [-0.15, -0.1) is 0 Å². The maximum Gasteiger partial charge on any atom is 0.152 e. The third kappa shape index (κ3) is 2.35. The number of aryl methyl sites for hydroxylation is 1. The molecule has 1 aromatic heterocycles. The Hall–Kier alpha value is -2.35. The molecule has 112 valence electrons. The highest BCUT2D eigenvalue weighted by atomic mass is 16.1. The molecule has 0 fully saturated rings. The molecule has 0 aliphatic rings. The number of nitrogens with one attached hydrogen (secondary N) is 1. The summed E-state index contributed by atoms with van der Waals surface area (Å²) in [5.41, 5.74) is 6.36. The van der Waals surface area contributed by atoms with Crippen LogP contribution in [0.3, 0.4) is 0 Å². The molecule has 0 radical (unpaired) electrons. The second-order valence-corrected chi connectivity index (χ2v) is 6.01. The first kappa shape index (κ1) is 14.6. The number of para-hydroxylation sites is 1. The van der Waals surface area contributed by atoms with Crippen LogP contribution in [0.1, 0.15) is 48.2 Å². The zero-order valence-corrected chi connectivity index (χ0v) is 13.3. The van der Waals surface area contributed by atoms with Gasteiger partial charge in [0.05, 0.1) is 11.2 Å². The molecule has 0 spiro atoms. The first-order chi connectivity index (χ1) is 10.7. The van der Waals surface area contributed by atoms with E-state index >= 15 is 0 Å². The quantitative estimate of drug-likeness (QED) is 0.647. The fraction of sp³-hybridized carbons (Fsp3) is 0.250. The van der Waals surface area contributed by atoms with E-state index in [0.29, 0.717) is 5.92 Å². The molecule has 2 aromatic carbocycles. The Balaban J connectivity index is 2.24. The number of carbonyl (C=O) groups excluding carboxylic acids is 1. The summed E-state index contributed by atoms with van der Waals surface area (Å²) >= 11 is 0. The van der Waals surface area contributed by atoms with Gasteiger partial charge in [0.15, 0.2) is 6.29 Å². The molecule has 0 saturated heterocycles. The van der Waals surface area contributed by atoms with Crippen molar-refractivity contribution in [2.45, 2.75) is 33.1 Å². The highest BCUT2D eigenvalue weighted by molar-refractivity contribution is 6.05. The third-order valence-electron chi connectivity index (χ3n) is 4.30. The lowest BCUT2D eigenvalue weighted by Gasteiger charge is -2.06. The van der Waals surface area contributed by atoms with Gasteiger partial charge in [0.2, 0.25) is 0 Å². The van der Waals surface area contributed by atoms with Crippen molar-refractivity contribution in [2.75, 3.05) is 0 Å². The monoisotopic (exact) mass is 291 g/mol. The molecule has 1 N–H and O–H groups in total. The number of aromatic nitrogens is 1. The number of fused-ring (bicyclic) bond motifs is 1. The van der Waals surface area contributed by atoms with Crippen LogP contribution in [0.25, 0.3) is 22.2 Å². The molecule has 3 rings (SSSR count). The van der Waals surface area contributed by atoms with Crippen LogP contribution in [0.5, 0.6) is 0 Å². The summed E-state index contributed by atoms with van der Waals surface area (Å²) in [6.07, 6.45) is 1.98. The van der Waals surface area contributed by atoms with E-state index in [2.05, 4.69) is 56.1 Å². The van der Waals surface area contributed by atoms with Gasteiger partial charge in [0.1, 0.15) is 0 Å². The van der Waals surface area contributed by atoms with E-state index in [9.17, 15) is 4.79 Å². The molecule has 1 heterocycles. The summed E-state index contributed by atoms with van der Waals surface area (Å²) < 4.78 is 0. The zero-order chi connectivity index (χ0) is 15.7. The van der Waals surface area contributed by atoms with E-state index in [4.69, 9.17) is 0 Å². The first-order valence-corrected chi connectivity index (χ1v) is 7.84. The van der Waals surface area contributed by atoms with Gasteiger partial charge in [-0.25, -0.2) is 0 Å². The maximum atomic E-state index is 11.7. The Morgan fingerprint density at radius 2 is 1.82 bits per heavy atom. The van der Waals surface area contributed by atoms with Crippen molar-refractivity contribution < 1.29 is 4.79 Å². The van der Waals surface area contributed by atoms with Crippen LogP contribution in [0.4, 0.5) is 0 Å². The Bertz CT molecular complexity index is 810. The van der Waals surface area contributed by atoms with Crippen molar-refractivity contribution in [3.8, 4) is 11.3 Å². The Labute approximate surface area is 131 Å². The predicted octanol–water partition coefficient (Wildman–Crippen LogP) is 5.33. The van der Waals surface area contributed by atoms with Gasteiger partial charge in [-0.2, -0.15) is 0 Å². The molecule has 3 aromatic rings. The van der Waals surface area contributed by atoms with Gasteiger partial charge in [-0.3, -0.25) is 4.79 Å². The highest BCUT2D eigenvalue weighted by Gasteiger charge is 2.15. The number of aromatic amines is 1. The van der Waals surface area contributed by atoms with E-state index in [1.807, 2.05) is 12.1 Å².